The van der Waals surface area contributed by atoms with Gasteiger partial charge in [0.05, 0.1) is 12.1 Å². The number of aromatic nitrogens is 3. The van der Waals surface area contributed by atoms with Crippen molar-refractivity contribution < 1.29 is 4.52 Å². The first-order chi connectivity index (χ1) is 9.90. The van der Waals surface area contributed by atoms with Gasteiger partial charge in [-0.05, 0) is 5.56 Å². The minimum Gasteiger partial charge on any atom is -0.338 e. The molecule has 1 N–H and O–H groups in total. The lowest BCUT2D eigenvalue weighted by molar-refractivity contribution is 0.363. The summed E-state index contributed by atoms with van der Waals surface area (Å²) in [6.07, 6.45) is 2.55. The molecule has 0 atom stereocenters. The summed E-state index contributed by atoms with van der Waals surface area (Å²) in [4.78, 5) is 9.59. The van der Waals surface area contributed by atoms with Crippen LogP contribution in [0.2, 0.25) is 0 Å². The molecular formula is C14H14N4OS. The van der Waals surface area contributed by atoms with Gasteiger partial charge in [0, 0.05) is 24.0 Å². The molecule has 0 aliphatic rings. The van der Waals surface area contributed by atoms with Crippen molar-refractivity contribution >= 4 is 11.3 Å². The molecule has 5 nitrogen and oxygen atoms in total. The summed E-state index contributed by atoms with van der Waals surface area (Å²) in [5, 5.41) is 7.25. The van der Waals surface area contributed by atoms with E-state index in [-0.39, 0.29) is 0 Å². The molecule has 3 rings (SSSR count). The van der Waals surface area contributed by atoms with Crippen LogP contribution in [0.1, 0.15) is 22.2 Å². The summed E-state index contributed by atoms with van der Waals surface area (Å²) in [7, 11) is 0. The Balaban J connectivity index is 1.52. The van der Waals surface area contributed by atoms with Gasteiger partial charge in [0.15, 0.2) is 5.82 Å². The number of hydrogen-bond acceptors (Lipinski definition) is 6. The first kappa shape index (κ1) is 13.0. The second-order valence-corrected chi connectivity index (χ2v) is 5.31. The first-order valence-corrected chi connectivity index (χ1v) is 7.21. The van der Waals surface area contributed by atoms with Crippen molar-refractivity contribution in [3.63, 3.8) is 0 Å². The highest BCUT2D eigenvalue weighted by Gasteiger charge is 2.06. The van der Waals surface area contributed by atoms with E-state index in [1.165, 1.54) is 10.4 Å². The van der Waals surface area contributed by atoms with Gasteiger partial charge in [-0.1, -0.05) is 35.5 Å². The van der Waals surface area contributed by atoms with E-state index in [0.29, 0.717) is 24.7 Å². The normalized spacial score (nSPS) is 10.8. The monoisotopic (exact) mass is 286 g/mol. The van der Waals surface area contributed by atoms with Crippen LogP contribution < -0.4 is 5.32 Å². The number of nitrogens with zero attached hydrogens (tertiary/aromatic N) is 3. The number of benzene rings is 1. The highest BCUT2D eigenvalue weighted by Crippen LogP contribution is 2.07. The Bertz CT molecular complexity index is 636. The zero-order valence-corrected chi connectivity index (χ0v) is 11.6. The van der Waals surface area contributed by atoms with Gasteiger partial charge in [0.1, 0.15) is 0 Å². The number of thiazole rings is 1. The van der Waals surface area contributed by atoms with Gasteiger partial charge in [-0.3, -0.25) is 4.98 Å². The van der Waals surface area contributed by atoms with Gasteiger partial charge in [0.2, 0.25) is 5.89 Å². The molecule has 3 aromatic rings. The maximum atomic E-state index is 5.22. The first-order valence-electron chi connectivity index (χ1n) is 6.33. The molecule has 0 aliphatic carbocycles. The molecule has 102 valence electrons. The van der Waals surface area contributed by atoms with Gasteiger partial charge in [-0.15, -0.1) is 11.3 Å². The second-order valence-electron chi connectivity index (χ2n) is 4.34. The molecule has 0 saturated carbocycles. The van der Waals surface area contributed by atoms with Crippen LogP contribution in [0.25, 0.3) is 0 Å². The molecule has 0 amide bonds. The highest BCUT2D eigenvalue weighted by atomic mass is 32.1. The molecule has 1 aromatic carbocycles. The maximum Gasteiger partial charge on any atom is 0.240 e. The molecule has 0 radical (unpaired) electrons. The Morgan fingerprint density at radius 2 is 2.05 bits per heavy atom. The van der Waals surface area contributed by atoms with E-state index in [1.54, 1.807) is 11.3 Å². The fraction of sp³-hybridized carbons (Fsp3) is 0.214. The Hall–Kier alpha value is -2.05. The predicted molar refractivity (Wildman–Crippen MR) is 76.2 cm³/mol. The fourth-order valence-corrected chi connectivity index (χ4v) is 2.40. The smallest absolute Gasteiger partial charge is 0.240 e. The zero-order chi connectivity index (χ0) is 13.6. The van der Waals surface area contributed by atoms with Crippen LogP contribution in [0.5, 0.6) is 0 Å². The van der Waals surface area contributed by atoms with E-state index in [1.807, 2.05) is 29.9 Å². The molecule has 2 aromatic heterocycles. The molecule has 0 saturated heterocycles. The molecule has 20 heavy (non-hydrogen) atoms. The van der Waals surface area contributed by atoms with Gasteiger partial charge in [-0.25, -0.2) is 0 Å². The van der Waals surface area contributed by atoms with Crippen molar-refractivity contribution in [2.75, 3.05) is 0 Å². The quantitative estimate of drug-likeness (QED) is 0.754. The maximum absolute atomic E-state index is 5.22. The number of rotatable bonds is 6. The Labute approximate surface area is 120 Å². The van der Waals surface area contributed by atoms with E-state index in [2.05, 4.69) is 32.6 Å². The van der Waals surface area contributed by atoms with Crippen LogP contribution in [0.3, 0.4) is 0 Å². The lowest BCUT2D eigenvalue weighted by Crippen LogP contribution is -2.12. The van der Waals surface area contributed by atoms with Crippen molar-refractivity contribution in [2.45, 2.75) is 19.5 Å². The predicted octanol–water partition coefficient (Wildman–Crippen LogP) is 2.41. The lowest BCUT2D eigenvalue weighted by atomic mass is 10.1. The van der Waals surface area contributed by atoms with E-state index in [4.69, 9.17) is 4.52 Å². The average molecular weight is 286 g/mol. The molecule has 0 bridgehead atoms. The van der Waals surface area contributed by atoms with Gasteiger partial charge >= 0.3 is 0 Å². The average Bonchev–Trinajstić information content (AvgIpc) is 3.12. The SMILES string of the molecule is c1ccc(Cc2noc(CNCc3cncs3)n2)cc1. The van der Waals surface area contributed by atoms with Crippen LogP contribution in [-0.4, -0.2) is 15.1 Å². The van der Waals surface area contributed by atoms with Gasteiger partial charge < -0.3 is 9.84 Å². The van der Waals surface area contributed by atoms with Crippen LogP contribution >= 0.6 is 11.3 Å². The van der Waals surface area contributed by atoms with Crippen molar-refractivity contribution in [1.82, 2.24) is 20.4 Å². The molecule has 2 heterocycles. The third-order valence-electron chi connectivity index (χ3n) is 2.77. The Morgan fingerprint density at radius 3 is 2.85 bits per heavy atom. The number of hydrogen-bond donors (Lipinski definition) is 1. The van der Waals surface area contributed by atoms with E-state index >= 15 is 0 Å². The van der Waals surface area contributed by atoms with Crippen LogP contribution in [-0.2, 0) is 19.5 Å². The third kappa shape index (κ3) is 3.49. The highest BCUT2D eigenvalue weighted by molar-refractivity contribution is 7.09. The van der Waals surface area contributed by atoms with Crippen molar-refractivity contribution in [1.29, 1.82) is 0 Å². The summed E-state index contributed by atoms with van der Waals surface area (Å²) < 4.78 is 5.22. The molecule has 0 aliphatic heterocycles. The molecule has 0 fully saturated rings. The van der Waals surface area contributed by atoms with Crippen LogP contribution in [0.15, 0.2) is 46.6 Å². The van der Waals surface area contributed by atoms with Gasteiger partial charge in [-0.2, -0.15) is 4.98 Å². The molecule has 0 spiro atoms. The summed E-state index contributed by atoms with van der Waals surface area (Å²) in [6, 6.07) is 10.1. The number of nitrogens with one attached hydrogen (secondary N) is 1. The molecular weight excluding hydrogens is 272 g/mol. The summed E-state index contributed by atoms with van der Waals surface area (Å²) in [5.41, 5.74) is 3.00. The summed E-state index contributed by atoms with van der Waals surface area (Å²) in [5.74, 6) is 1.33. The largest absolute Gasteiger partial charge is 0.338 e. The van der Waals surface area contributed by atoms with E-state index < -0.39 is 0 Å². The van der Waals surface area contributed by atoms with Crippen molar-refractivity contribution in [2.24, 2.45) is 0 Å². The standard InChI is InChI=1S/C14H14N4OS/c1-2-4-11(5-3-1)6-13-17-14(19-18-13)9-15-7-12-8-16-10-20-12/h1-5,8,10,15H,6-7,9H2. The van der Waals surface area contributed by atoms with E-state index in [0.717, 1.165) is 6.54 Å². The van der Waals surface area contributed by atoms with Gasteiger partial charge in [0.25, 0.3) is 0 Å². The topological polar surface area (TPSA) is 63.8 Å². The van der Waals surface area contributed by atoms with Crippen LogP contribution in [0, 0.1) is 0 Å². The van der Waals surface area contributed by atoms with Crippen LogP contribution in [0.4, 0.5) is 0 Å². The van der Waals surface area contributed by atoms with Crippen molar-refractivity contribution in [3.05, 3.63) is 64.2 Å². The zero-order valence-electron chi connectivity index (χ0n) is 10.8. The Morgan fingerprint density at radius 1 is 1.15 bits per heavy atom. The minimum absolute atomic E-state index is 0.569. The molecule has 0 unspecified atom stereocenters. The minimum atomic E-state index is 0.569. The summed E-state index contributed by atoms with van der Waals surface area (Å²) in [6.45, 7) is 1.33. The third-order valence-corrected chi connectivity index (χ3v) is 3.55. The lowest BCUT2D eigenvalue weighted by Gasteiger charge is -1.97. The summed E-state index contributed by atoms with van der Waals surface area (Å²) >= 11 is 1.62. The second kappa shape index (κ2) is 6.40. The fourth-order valence-electron chi connectivity index (χ4n) is 1.83. The van der Waals surface area contributed by atoms with E-state index in [9.17, 15) is 0 Å². The molecule has 6 heteroatoms. The van der Waals surface area contributed by atoms with Crippen molar-refractivity contribution in [3.8, 4) is 0 Å². The Kier molecular flexibility index (Phi) is 4.15.